The Morgan fingerprint density at radius 1 is 0.750 bits per heavy atom. The highest BCUT2D eigenvalue weighted by Crippen LogP contribution is 2.65. The van der Waals surface area contributed by atoms with Gasteiger partial charge in [-0.15, -0.1) is 0 Å². The molecule has 4 saturated carbocycles. The van der Waals surface area contributed by atoms with E-state index in [1.54, 1.807) is 0 Å². The SMILES string of the molecule is O=C(CC1C2C[C@@H]3C[C@H](C2)CC1(CC(=O)c1ccccc1)C3)c1ccccc1. The Balaban J connectivity index is 1.43. The summed E-state index contributed by atoms with van der Waals surface area (Å²) in [6.07, 6.45) is 7.40. The number of carbonyl (C=O) groups excluding carboxylic acids is 2. The van der Waals surface area contributed by atoms with Crippen LogP contribution in [-0.2, 0) is 0 Å². The minimum atomic E-state index is 0.0338. The number of ketones is 2. The molecule has 4 aliphatic rings. The first kappa shape index (κ1) is 17.8. The summed E-state index contributed by atoms with van der Waals surface area (Å²) in [5.41, 5.74) is 1.68. The third kappa shape index (κ3) is 3.13. The molecule has 6 rings (SSSR count). The second kappa shape index (κ2) is 6.99. The highest BCUT2D eigenvalue weighted by molar-refractivity contribution is 5.97. The van der Waals surface area contributed by atoms with E-state index in [4.69, 9.17) is 0 Å². The van der Waals surface area contributed by atoms with Gasteiger partial charge in [0, 0.05) is 24.0 Å². The predicted octanol–water partition coefficient (Wildman–Crippen LogP) is 5.97. The average Bonchev–Trinajstić information content (AvgIpc) is 2.71. The van der Waals surface area contributed by atoms with Crippen LogP contribution in [-0.4, -0.2) is 11.6 Å². The van der Waals surface area contributed by atoms with Crippen molar-refractivity contribution in [2.24, 2.45) is 29.1 Å². The van der Waals surface area contributed by atoms with Crippen LogP contribution in [0.2, 0.25) is 0 Å². The zero-order valence-electron chi connectivity index (χ0n) is 16.3. The molecule has 4 fully saturated rings. The van der Waals surface area contributed by atoms with E-state index in [-0.39, 0.29) is 17.0 Å². The van der Waals surface area contributed by atoms with Crippen molar-refractivity contribution in [2.75, 3.05) is 0 Å². The van der Waals surface area contributed by atoms with E-state index >= 15 is 0 Å². The quantitative estimate of drug-likeness (QED) is 0.585. The van der Waals surface area contributed by atoms with Gasteiger partial charge in [0.25, 0.3) is 0 Å². The Hall–Kier alpha value is -2.22. The van der Waals surface area contributed by atoms with Gasteiger partial charge in [0.05, 0.1) is 0 Å². The lowest BCUT2D eigenvalue weighted by Gasteiger charge is -2.61. The standard InChI is InChI=1S/C26H28O2/c27-24(20-7-3-1-4-8-20)14-23-22-12-18-11-19(13-22)16-26(23,15-18)17-25(28)21-9-5-2-6-10-21/h1-10,18-19,22-23H,11-17H2/t18-,19+,22?,23?,26?. The summed E-state index contributed by atoms with van der Waals surface area (Å²) < 4.78 is 0. The molecule has 0 spiro atoms. The molecule has 4 bridgehead atoms. The van der Waals surface area contributed by atoms with Gasteiger partial charge in [-0.05, 0) is 61.2 Å². The molecule has 2 aromatic rings. The van der Waals surface area contributed by atoms with Gasteiger partial charge in [-0.25, -0.2) is 0 Å². The van der Waals surface area contributed by atoms with Crippen LogP contribution >= 0.6 is 0 Å². The van der Waals surface area contributed by atoms with Gasteiger partial charge in [-0.2, -0.15) is 0 Å². The van der Waals surface area contributed by atoms with E-state index in [0.29, 0.717) is 24.7 Å². The van der Waals surface area contributed by atoms with Crippen LogP contribution in [0.3, 0.4) is 0 Å². The average molecular weight is 373 g/mol. The number of hydrogen-bond donors (Lipinski definition) is 0. The van der Waals surface area contributed by atoms with Crippen molar-refractivity contribution in [3.8, 4) is 0 Å². The molecule has 0 amide bonds. The molecule has 0 saturated heterocycles. The van der Waals surface area contributed by atoms with Crippen molar-refractivity contribution < 1.29 is 9.59 Å². The van der Waals surface area contributed by atoms with Gasteiger partial charge in [0.2, 0.25) is 0 Å². The van der Waals surface area contributed by atoms with Gasteiger partial charge in [-0.1, -0.05) is 60.7 Å². The summed E-state index contributed by atoms with van der Waals surface area (Å²) in [5, 5.41) is 0. The molecule has 2 heteroatoms. The maximum absolute atomic E-state index is 13.1. The van der Waals surface area contributed by atoms with Crippen LogP contribution in [0.25, 0.3) is 0 Å². The fourth-order valence-corrected chi connectivity index (χ4v) is 6.96. The van der Waals surface area contributed by atoms with Crippen molar-refractivity contribution >= 4 is 11.6 Å². The summed E-state index contributed by atoms with van der Waals surface area (Å²) in [6, 6.07) is 19.4. The summed E-state index contributed by atoms with van der Waals surface area (Å²) in [6.45, 7) is 0. The van der Waals surface area contributed by atoms with Crippen molar-refractivity contribution in [3.63, 3.8) is 0 Å². The first-order chi connectivity index (χ1) is 13.6. The summed E-state index contributed by atoms with van der Waals surface area (Å²) in [4.78, 5) is 26.2. The Morgan fingerprint density at radius 3 is 1.86 bits per heavy atom. The second-order valence-electron chi connectivity index (χ2n) is 9.54. The van der Waals surface area contributed by atoms with E-state index in [2.05, 4.69) is 0 Å². The molecule has 0 radical (unpaired) electrons. The second-order valence-corrected chi connectivity index (χ2v) is 9.54. The molecular formula is C26H28O2. The Labute approximate surface area is 167 Å². The minimum Gasteiger partial charge on any atom is -0.294 e. The van der Waals surface area contributed by atoms with Gasteiger partial charge >= 0.3 is 0 Å². The summed E-state index contributed by atoms with van der Waals surface area (Å²) in [5.74, 6) is 3.04. The molecule has 0 aromatic heterocycles. The fraction of sp³-hybridized carbons (Fsp3) is 0.462. The zero-order valence-corrected chi connectivity index (χ0v) is 16.3. The maximum Gasteiger partial charge on any atom is 0.163 e. The first-order valence-electron chi connectivity index (χ1n) is 10.8. The van der Waals surface area contributed by atoms with E-state index in [1.165, 1.54) is 19.3 Å². The molecule has 3 unspecified atom stereocenters. The molecule has 2 nitrogen and oxygen atoms in total. The molecule has 28 heavy (non-hydrogen) atoms. The lowest BCUT2D eigenvalue weighted by atomic mass is 9.43. The van der Waals surface area contributed by atoms with Crippen molar-refractivity contribution in [3.05, 3.63) is 71.8 Å². The lowest BCUT2D eigenvalue weighted by molar-refractivity contribution is -0.107. The van der Waals surface area contributed by atoms with Gasteiger partial charge in [0.1, 0.15) is 0 Å². The molecule has 0 N–H and O–H groups in total. The molecule has 144 valence electrons. The number of hydrogen-bond acceptors (Lipinski definition) is 2. The third-order valence-electron chi connectivity index (χ3n) is 7.79. The van der Waals surface area contributed by atoms with Crippen molar-refractivity contribution in [1.82, 2.24) is 0 Å². The highest BCUT2D eigenvalue weighted by atomic mass is 16.1. The van der Waals surface area contributed by atoms with Crippen LogP contribution in [0.15, 0.2) is 60.7 Å². The third-order valence-corrected chi connectivity index (χ3v) is 7.79. The van der Waals surface area contributed by atoms with Crippen LogP contribution in [0.4, 0.5) is 0 Å². The lowest BCUT2D eigenvalue weighted by Crippen LogP contribution is -2.53. The monoisotopic (exact) mass is 372 g/mol. The van der Waals surface area contributed by atoms with E-state index in [0.717, 1.165) is 35.8 Å². The fourth-order valence-electron chi connectivity index (χ4n) is 6.96. The minimum absolute atomic E-state index is 0.0338. The van der Waals surface area contributed by atoms with E-state index in [9.17, 15) is 9.59 Å². The molecule has 5 atom stereocenters. The topological polar surface area (TPSA) is 34.1 Å². The Morgan fingerprint density at radius 2 is 1.29 bits per heavy atom. The summed E-state index contributed by atoms with van der Waals surface area (Å²) in [7, 11) is 0. The first-order valence-corrected chi connectivity index (χ1v) is 10.8. The number of rotatable bonds is 6. The number of benzene rings is 2. The van der Waals surface area contributed by atoms with Gasteiger partial charge in [-0.3, -0.25) is 9.59 Å². The normalized spacial score (nSPS) is 33.0. The number of carbonyl (C=O) groups is 2. The van der Waals surface area contributed by atoms with Gasteiger partial charge in [0.15, 0.2) is 11.6 Å². The van der Waals surface area contributed by atoms with Crippen LogP contribution < -0.4 is 0 Å². The molecule has 0 aliphatic heterocycles. The van der Waals surface area contributed by atoms with Crippen molar-refractivity contribution in [1.29, 1.82) is 0 Å². The van der Waals surface area contributed by atoms with E-state index in [1.807, 2.05) is 60.7 Å². The molecule has 2 aromatic carbocycles. The van der Waals surface area contributed by atoms with Crippen LogP contribution in [0.5, 0.6) is 0 Å². The van der Waals surface area contributed by atoms with Crippen molar-refractivity contribution in [2.45, 2.75) is 44.9 Å². The van der Waals surface area contributed by atoms with Crippen LogP contribution in [0.1, 0.15) is 65.7 Å². The molecule has 0 heterocycles. The van der Waals surface area contributed by atoms with E-state index < -0.39 is 0 Å². The smallest absolute Gasteiger partial charge is 0.163 e. The molecule has 4 aliphatic carbocycles. The highest BCUT2D eigenvalue weighted by Gasteiger charge is 2.57. The Kier molecular flexibility index (Phi) is 4.45. The van der Waals surface area contributed by atoms with Gasteiger partial charge < -0.3 is 0 Å². The van der Waals surface area contributed by atoms with Crippen LogP contribution in [0, 0.1) is 29.1 Å². The predicted molar refractivity (Wildman–Crippen MR) is 110 cm³/mol. The zero-order chi connectivity index (χ0) is 19.1. The maximum atomic E-state index is 13.1. The molecular weight excluding hydrogens is 344 g/mol. The number of Topliss-reactive ketones (excluding diaryl/α,β-unsaturated/α-hetero) is 2. The largest absolute Gasteiger partial charge is 0.294 e. The Bertz CT molecular complexity index is 856. The summed E-state index contributed by atoms with van der Waals surface area (Å²) >= 11 is 0.